The molecule has 0 unspecified atom stereocenters. The van der Waals surface area contributed by atoms with Crippen LogP contribution in [0.15, 0.2) is 23.1 Å². The third-order valence-electron chi connectivity index (χ3n) is 3.32. The van der Waals surface area contributed by atoms with Gasteiger partial charge in [-0.05, 0) is 32.0 Å². The minimum absolute atomic E-state index is 0.00617. The third kappa shape index (κ3) is 5.28. The van der Waals surface area contributed by atoms with Gasteiger partial charge in [0, 0.05) is 22.1 Å². The molecule has 0 atom stereocenters. The van der Waals surface area contributed by atoms with Crippen LogP contribution in [0, 0.1) is 0 Å². The van der Waals surface area contributed by atoms with Crippen molar-refractivity contribution >= 4 is 50.7 Å². The van der Waals surface area contributed by atoms with E-state index in [-0.39, 0.29) is 14.7 Å². The molecule has 0 radical (unpaired) electrons. The molecule has 1 N–H and O–H groups in total. The van der Waals surface area contributed by atoms with Crippen molar-refractivity contribution in [1.82, 2.24) is 5.32 Å². The smallest absolute Gasteiger partial charge is 0.241 e. The Kier molecular flexibility index (Phi) is 7.07. The molecule has 0 saturated heterocycles. The summed E-state index contributed by atoms with van der Waals surface area (Å²) >= 11 is 13.5. The Balaban J connectivity index is 2.90. The molecule has 0 aliphatic rings. The van der Waals surface area contributed by atoms with Crippen molar-refractivity contribution in [2.45, 2.75) is 49.0 Å². The van der Waals surface area contributed by atoms with Gasteiger partial charge in [0.15, 0.2) is 9.84 Å². The highest BCUT2D eigenvalue weighted by Crippen LogP contribution is 2.32. The van der Waals surface area contributed by atoms with Gasteiger partial charge >= 0.3 is 0 Å². The molecule has 0 aliphatic carbocycles. The highest BCUT2D eigenvalue weighted by molar-refractivity contribution is 8.00. The van der Waals surface area contributed by atoms with Crippen molar-refractivity contribution in [3.05, 3.63) is 28.2 Å². The van der Waals surface area contributed by atoms with Crippen LogP contribution in [0.3, 0.4) is 0 Å². The number of carbonyl (C=O) groups is 1. The molecule has 24 heavy (non-hydrogen) atoms. The van der Waals surface area contributed by atoms with E-state index in [4.69, 9.17) is 23.2 Å². The largest absolute Gasteiger partial charge is 0.354 e. The molecule has 0 fully saturated rings. The summed E-state index contributed by atoms with van der Waals surface area (Å²) in [6.45, 7) is 9.39. The van der Waals surface area contributed by atoms with E-state index in [2.05, 4.69) is 26.1 Å². The van der Waals surface area contributed by atoms with Gasteiger partial charge in [0.05, 0.1) is 9.92 Å². The van der Waals surface area contributed by atoms with Gasteiger partial charge in [-0.3, -0.25) is 4.79 Å². The van der Waals surface area contributed by atoms with Crippen LogP contribution < -0.4 is 5.32 Å². The number of rotatable bonds is 6. The molecule has 1 amide bonds. The van der Waals surface area contributed by atoms with Crippen molar-refractivity contribution in [3.63, 3.8) is 0 Å². The van der Waals surface area contributed by atoms with Gasteiger partial charge in [-0.25, -0.2) is 8.42 Å². The predicted octanol–water partition coefficient (Wildman–Crippen LogP) is 4.19. The summed E-state index contributed by atoms with van der Waals surface area (Å²) < 4.78 is 24.1. The Morgan fingerprint density at radius 3 is 2.25 bits per heavy atom. The van der Waals surface area contributed by atoms with E-state index in [9.17, 15) is 13.2 Å². The summed E-state index contributed by atoms with van der Waals surface area (Å²) in [5.41, 5.74) is 0. The van der Waals surface area contributed by atoms with E-state index in [1.54, 1.807) is 11.8 Å². The molecule has 1 aromatic rings. The van der Waals surface area contributed by atoms with E-state index >= 15 is 0 Å². The topological polar surface area (TPSA) is 63.2 Å². The summed E-state index contributed by atoms with van der Waals surface area (Å²) in [5.74, 6) is 0.149. The molecule has 4 nitrogen and oxygen atoms in total. The lowest BCUT2D eigenvalue weighted by Gasteiger charge is -2.25. The molecule has 136 valence electrons. The lowest BCUT2D eigenvalue weighted by molar-refractivity contribution is -0.122. The van der Waals surface area contributed by atoms with Crippen LogP contribution in [-0.2, 0) is 14.6 Å². The third-order valence-corrected chi connectivity index (χ3v) is 7.72. The maximum Gasteiger partial charge on any atom is 0.241 e. The number of benzene rings is 1. The van der Waals surface area contributed by atoms with Crippen molar-refractivity contribution < 1.29 is 13.2 Å². The van der Waals surface area contributed by atoms with Crippen LogP contribution in [0.4, 0.5) is 0 Å². The van der Waals surface area contributed by atoms with Gasteiger partial charge in [-0.15, -0.1) is 0 Å². The zero-order valence-corrected chi connectivity index (χ0v) is 17.6. The Morgan fingerprint density at radius 2 is 1.75 bits per heavy atom. The Morgan fingerprint density at radius 1 is 1.17 bits per heavy atom. The highest BCUT2D eigenvalue weighted by atomic mass is 35.5. The van der Waals surface area contributed by atoms with Crippen molar-refractivity contribution in [2.75, 3.05) is 12.3 Å². The number of carbonyl (C=O) groups excluding carboxylic acids is 1. The second-order valence-electron chi connectivity index (χ2n) is 6.81. The van der Waals surface area contributed by atoms with E-state index < -0.39 is 20.5 Å². The zero-order valence-electron chi connectivity index (χ0n) is 14.4. The fourth-order valence-electron chi connectivity index (χ4n) is 1.82. The molecule has 1 aromatic carbocycles. The lowest BCUT2D eigenvalue weighted by atomic mass is 10.2. The Bertz CT molecular complexity index is 711. The molecule has 0 heterocycles. The van der Waals surface area contributed by atoms with Gasteiger partial charge < -0.3 is 5.32 Å². The van der Waals surface area contributed by atoms with Crippen LogP contribution in [0.25, 0.3) is 0 Å². The maximum absolute atomic E-state index is 12.8. The lowest BCUT2D eigenvalue weighted by Crippen LogP contribution is -2.48. The Hall–Kier alpha value is -0.430. The summed E-state index contributed by atoms with van der Waals surface area (Å²) in [4.78, 5) is 12.3. The fraction of sp³-hybridized carbons (Fsp3) is 0.562. The molecule has 0 bridgehead atoms. The number of hydrogen-bond acceptors (Lipinski definition) is 4. The average Bonchev–Trinajstić information content (AvgIpc) is 2.41. The first-order valence-corrected chi connectivity index (χ1v) is 10.6. The van der Waals surface area contributed by atoms with E-state index in [0.29, 0.717) is 17.3 Å². The number of nitrogens with one attached hydrogen (secondary N) is 1. The van der Waals surface area contributed by atoms with Crippen molar-refractivity contribution in [3.8, 4) is 0 Å². The van der Waals surface area contributed by atoms with Crippen LogP contribution in [0.1, 0.15) is 34.6 Å². The molecular weight excluding hydrogens is 389 g/mol. The summed E-state index contributed by atoms with van der Waals surface area (Å²) in [6, 6.07) is 4.11. The Labute approximate surface area is 158 Å². The van der Waals surface area contributed by atoms with Crippen LogP contribution in [0.5, 0.6) is 0 Å². The van der Waals surface area contributed by atoms with Crippen molar-refractivity contribution in [1.29, 1.82) is 0 Å². The van der Waals surface area contributed by atoms with E-state index in [1.165, 1.54) is 32.0 Å². The average molecular weight is 412 g/mol. The minimum atomic E-state index is -3.96. The van der Waals surface area contributed by atoms with E-state index in [0.717, 1.165) is 0 Å². The van der Waals surface area contributed by atoms with E-state index in [1.807, 2.05) is 0 Å². The monoisotopic (exact) mass is 411 g/mol. The first-order chi connectivity index (χ1) is 10.8. The molecule has 8 heteroatoms. The van der Waals surface area contributed by atoms with Crippen LogP contribution in [-0.4, -0.2) is 36.1 Å². The normalized spacial score (nSPS) is 13.0. The predicted molar refractivity (Wildman–Crippen MR) is 103 cm³/mol. The number of hydrogen-bond donors (Lipinski definition) is 1. The van der Waals surface area contributed by atoms with Crippen molar-refractivity contribution in [2.24, 2.45) is 0 Å². The maximum atomic E-state index is 12.8. The molecule has 1 rings (SSSR count). The SMILES string of the molecule is CC(C)(C)SCCNC(=O)C(C)(C)S(=O)(=O)c1ccc(Cl)cc1Cl. The van der Waals surface area contributed by atoms with Gasteiger partial charge in [0.2, 0.25) is 5.91 Å². The minimum Gasteiger partial charge on any atom is -0.354 e. The molecule has 0 saturated carbocycles. The molecular formula is C16H23Cl2NO3S2. The second-order valence-corrected chi connectivity index (χ2v) is 12.0. The number of sulfone groups is 1. The van der Waals surface area contributed by atoms with Gasteiger partial charge in [0.25, 0.3) is 0 Å². The quantitative estimate of drug-likeness (QED) is 0.712. The van der Waals surface area contributed by atoms with Crippen LogP contribution in [0.2, 0.25) is 10.0 Å². The first-order valence-electron chi connectivity index (χ1n) is 7.41. The number of halogens is 2. The number of thioether (sulfide) groups is 1. The summed E-state index contributed by atoms with van der Waals surface area (Å²) in [5, 5.41) is 3.03. The van der Waals surface area contributed by atoms with Crippen LogP contribution >= 0.6 is 35.0 Å². The molecule has 0 aromatic heterocycles. The van der Waals surface area contributed by atoms with Gasteiger partial charge in [0.1, 0.15) is 4.75 Å². The zero-order chi connectivity index (χ0) is 18.8. The first kappa shape index (κ1) is 21.6. The fourth-order valence-corrected chi connectivity index (χ4v) is 4.78. The molecule has 0 aliphatic heterocycles. The second kappa shape index (κ2) is 7.85. The standard InChI is InChI=1S/C16H23Cl2NO3S2/c1-15(2,3)23-9-8-19-14(20)16(4,5)24(21,22)13-7-6-11(17)10-12(13)18/h6-7,10H,8-9H2,1-5H3,(H,19,20). The molecule has 0 spiro atoms. The van der Waals surface area contributed by atoms with Gasteiger partial charge in [-0.2, -0.15) is 11.8 Å². The highest BCUT2D eigenvalue weighted by Gasteiger charge is 2.43. The summed E-state index contributed by atoms with van der Waals surface area (Å²) in [6.07, 6.45) is 0. The summed E-state index contributed by atoms with van der Waals surface area (Å²) in [7, 11) is -3.96. The van der Waals surface area contributed by atoms with Gasteiger partial charge in [-0.1, -0.05) is 44.0 Å². The number of amides is 1.